The van der Waals surface area contributed by atoms with E-state index in [2.05, 4.69) is 47.3 Å². The van der Waals surface area contributed by atoms with Crippen LogP contribution in [0, 0.1) is 0 Å². The molecule has 0 bridgehead atoms. The number of nitrogens with one attached hydrogen (secondary N) is 2. The molecule has 0 spiro atoms. The zero-order chi connectivity index (χ0) is 20.5. The van der Waals surface area contributed by atoms with Crippen LogP contribution in [0.5, 0.6) is 0 Å². The van der Waals surface area contributed by atoms with Gasteiger partial charge in [-0.3, -0.25) is 14.8 Å². The van der Waals surface area contributed by atoms with Crippen LogP contribution in [0.15, 0.2) is 27.8 Å². The van der Waals surface area contributed by atoms with Crippen molar-refractivity contribution in [3.05, 3.63) is 24.2 Å². The van der Waals surface area contributed by atoms with Crippen LogP contribution in [0.1, 0.15) is 51.8 Å². The lowest BCUT2D eigenvalue weighted by Gasteiger charge is -2.37. The molecule has 7 nitrogen and oxygen atoms in total. The second-order valence-electron chi connectivity index (χ2n) is 8.24. The molecule has 3 rings (SSSR count). The number of guanidine groups is 1. The van der Waals surface area contributed by atoms with Crippen molar-refractivity contribution in [3.8, 4) is 0 Å². The van der Waals surface area contributed by atoms with Crippen LogP contribution in [0.25, 0.3) is 0 Å². The van der Waals surface area contributed by atoms with Gasteiger partial charge in [0, 0.05) is 31.7 Å². The fraction of sp³-hybridized carbons (Fsp3) is 0.773. The van der Waals surface area contributed by atoms with Gasteiger partial charge in [0.1, 0.15) is 5.76 Å². The third-order valence-corrected chi connectivity index (χ3v) is 6.01. The molecule has 0 amide bonds. The van der Waals surface area contributed by atoms with Gasteiger partial charge in [-0.1, -0.05) is 6.42 Å². The number of nitrogens with zero attached hydrogens (tertiary/aromatic N) is 3. The summed E-state index contributed by atoms with van der Waals surface area (Å²) in [5, 5.41) is 6.97. The van der Waals surface area contributed by atoms with Crippen molar-refractivity contribution in [1.29, 1.82) is 0 Å². The summed E-state index contributed by atoms with van der Waals surface area (Å²) >= 11 is 0. The molecule has 29 heavy (non-hydrogen) atoms. The van der Waals surface area contributed by atoms with Gasteiger partial charge in [0.2, 0.25) is 0 Å². The summed E-state index contributed by atoms with van der Waals surface area (Å²) in [4.78, 5) is 9.92. The van der Waals surface area contributed by atoms with Crippen LogP contribution in [0.3, 0.4) is 0 Å². The van der Waals surface area contributed by atoms with Crippen molar-refractivity contribution in [1.82, 2.24) is 20.4 Å². The number of rotatable bonds is 8. The number of hydrogen-bond donors (Lipinski definition) is 2. The van der Waals surface area contributed by atoms with Gasteiger partial charge in [-0.25, -0.2) is 0 Å². The zero-order valence-corrected chi connectivity index (χ0v) is 18.4. The number of morpholine rings is 1. The Labute approximate surface area is 175 Å². The Morgan fingerprint density at radius 3 is 2.76 bits per heavy atom. The molecular formula is C22H39N5O2. The molecule has 7 heteroatoms. The fourth-order valence-corrected chi connectivity index (χ4v) is 4.38. The maximum absolute atomic E-state index is 5.77. The maximum Gasteiger partial charge on any atom is 0.191 e. The van der Waals surface area contributed by atoms with E-state index in [4.69, 9.17) is 14.1 Å². The van der Waals surface area contributed by atoms with Gasteiger partial charge in [-0.15, -0.1) is 0 Å². The van der Waals surface area contributed by atoms with Gasteiger partial charge in [0.25, 0.3) is 0 Å². The Bertz CT molecular complexity index is 600. The number of aliphatic imine (C=N–C) groups is 1. The molecular weight excluding hydrogens is 366 g/mol. The van der Waals surface area contributed by atoms with Gasteiger partial charge in [0.05, 0.1) is 32.1 Å². The largest absolute Gasteiger partial charge is 0.468 e. The Kier molecular flexibility index (Phi) is 8.83. The number of ether oxygens (including phenoxy) is 1. The van der Waals surface area contributed by atoms with E-state index < -0.39 is 0 Å². The van der Waals surface area contributed by atoms with Gasteiger partial charge in [-0.05, 0) is 58.8 Å². The molecule has 0 aromatic carbocycles. The smallest absolute Gasteiger partial charge is 0.191 e. The minimum Gasteiger partial charge on any atom is -0.468 e. The molecule has 0 radical (unpaired) electrons. The predicted octanol–water partition coefficient (Wildman–Crippen LogP) is 2.47. The summed E-state index contributed by atoms with van der Waals surface area (Å²) in [6, 6.07) is 5.16. The first-order valence-corrected chi connectivity index (χ1v) is 11.3. The highest BCUT2D eigenvalue weighted by molar-refractivity contribution is 5.79. The van der Waals surface area contributed by atoms with Crippen molar-refractivity contribution in [2.24, 2.45) is 4.99 Å². The Morgan fingerprint density at radius 1 is 1.24 bits per heavy atom. The third kappa shape index (κ3) is 6.46. The third-order valence-electron chi connectivity index (χ3n) is 6.01. The normalized spacial score (nSPS) is 24.2. The molecule has 3 unspecified atom stereocenters. The highest BCUT2D eigenvalue weighted by Crippen LogP contribution is 2.24. The van der Waals surface area contributed by atoms with Crippen LogP contribution in [-0.4, -0.2) is 80.3 Å². The summed E-state index contributed by atoms with van der Waals surface area (Å²) in [5.41, 5.74) is 0. The van der Waals surface area contributed by atoms with Gasteiger partial charge >= 0.3 is 0 Å². The fourth-order valence-electron chi connectivity index (χ4n) is 4.38. The minimum atomic E-state index is 0.242. The molecule has 1 aromatic heterocycles. The Balaban J connectivity index is 1.59. The molecule has 2 fully saturated rings. The lowest BCUT2D eigenvalue weighted by Crippen LogP contribution is -2.50. The molecule has 2 N–H and O–H groups in total. The van der Waals surface area contributed by atoms with E-state index in [0.29, 0.717) is 12.1 Å². The van der Waals surface area contributed by atoms with Gasteiger partial charge < -0.3 is 19.8 Å². The molecule has 164 valence electrons. The average Bonchev–Trinajstić information content (AvgIpc) is 3.27. The standard InChI is InChI=1S/C22H39N5O2/c1-4-23-22(24-15-18(2)27-12-14-28-17-19(27)3)25-16-20(21-9-8-13-29-21)26-10-6-5-7-11-26/h8-9,13,18-20H,4-7,10-12,14-17H2,1-3H3,(H2,23,24,25). The van der Waals surface area contributed by atoms with Crippen molar-refractivity contribution in [2.45, 2.75) is 58.2 Å². The van der Waals surface area contributed by atoms with E-state index in [9.17, 15) is 0 Å². The van der Waals surface area contributed by atoms with Crippen LogP contribution in [0.4, 0.5) is 0 Å². The summed E-state index contributed by atoms with van der Waals surface area (Å²) in [7, 11) is 0. The van der Waals surface area contributed by atoms with E-state index in [1.54, 1.807) is 6.26 Å². The summed E-state index contributed by atoms with van der Waals surface area (Å²) in [6.45, 7) is 13.9. The summed E-state index contributed by atoms with van der Waals surface area (Å²) in [6.07, 6.45) is 5.63. The lowest BCUT2D eigenvalue weighted by molar-refractivity contribution is -0.0165. The summed E-state index contributed by atoms with van der Waals surface area (Å²) < 4.78 is 11.3. The van der Waals surface area contributed by atoms with E-state index in [1.807, 2.05) is 6.07 Å². The van der Waals surface area contributed by atoms with Crippen LogP contribution in [0.2, 0.25) is 0 Å². The lowest BCUT2D eigenvalue weighted by atomic mass is 10.1. The first-order chi connectivity index (χ1) is 14.2. The van der Waals surface area contributed by atoms with Crippen molar-refractivity contribution in [3.63, 3.8) is 0 Å². The molecule has 3 heterocycles. The number of likely N-dealkylation sites (tertiary alicyclic amines) is 1. The van der Waals surface area contributed by atoms with Gasteiger partial charge in [-0.2, -0.15) is 0 Å². The molecule has 2 aliphatic rings. The van der Waals surface area contributed by atoms with E-state index in [1.165, 1.54) is 19.3 Å². The molecule has 0 saturated carbocycles. The number of piperidine rings is 1. The highest BCUT2D eigenvalue weighted by atomic mass is 16.5. The van der Waals surface area contributed by atoms with Crippen molar-refractivity contribution >= 4 is 5.96 Å². The number of furan rings is 1. The van der Waals surface area contributed by atoms with Crippen LogP contribution >= 0.6 is 0 Å². The van der Waals surface area contributed by atoms with E-state index in [0.717, 1.165) is 64.2 Å². The molecule has 2 aliphatic heterocycles. The first-order valence-electron chi connectivity index (χ1n) is 11.3. The van der Waals surface area contributed by atoms with Crippen molar-refractivity contribution in [2.75, 3.05) is 52.5 Å². The summed E-state index contributed by atoms with van der Waals surface area (Å²) in [5.74, 6) is 1.92. The monoisotopic (exact) mass is 405 g/mol. The molecule has 2 saturated heterocycles. The van der Waals surface area contributed by atoms with Crippen LogP contribution < -0.4 is 10.6 Å². The van der Waals surface area contributed by atoms with E-state index >= 15 is 0 Å². The topological polar surface area (TPSA) is 65.3 Å². The second-order valence-corrected chi connectivity index (χ2v) is 8.24. The van der Waals surface area contributed by atoms with Crippen LogP contribution in [-0.2, 0) is 4.74 Å². The SMILES string of the molecule is CCNC(=NCC(C)N1CCOCC1C)NCC(c1ccco1)N1CCCCC1. The first kappa shape index (κ1) is 22.1. The average molecular weight is 406 g/mol. The predicted molar refractivity (Wildman–Crippen MR) is 117 cm³/mol. The highest BCUT2D eigenvalue weighted by Gasteiger charge is 2.25. The zero-order valence-electron chi connectivity index (χ0n) is 18.4. The molecule has 0 aliphatic carbocycles. The van der Waals surface area contributed by atoms with Gasteiger partial charge in [0.15, 0.2) is 5.96 Å². The Hall–Kier alpha value is -1.57. The molecule has 3 atom stereocenters. The number of hydrogen-bond acceptors (Lipinski definition) is 5. The quantitative estimate of drug-likeness (QED) is 0.512. The molecule has 1 aromatic rings. The van der Waals surface area contributed by atoms with Crippen molar-refractivity contribution < 1.29 is 9.15 Å². The minimum absolute atomic E-state index is 0.242. The Morgan fingerprint density at radius 2 is 2.07 bits per heavy atom. The second kappa shape index (κ2) is 11.6. The maximum atomic E-state index is 5.77. The van der Waals surface area contributed by atoms with E-state index in [-0.39, 0.29) is 6.04 Å².